The highest BCUT2D eigenvalue weighted by Crippen LogP contribution is 2.42. The quantitative estimate of drug-likeness (QED) is 0.440. The van der Waals surface area contributed by atoms with E-state index in [-0.39, 0.29) is 18.5 Å². The van der Waals surface area contributed by atoms with E-state index in [4.69, 9.17) is 23.2 Å². The predicted molar refractivity (Wildman–Crippen MR) is 121 cm³/mol. The molecule has 2 atom stereocenters. The molecule has 0 N–H and O–H groups in total. The van der Waals surface area contributed by atoms with Crippen molar-refractivity contribution in [2.45, 2.75) is 50.6 Å². The smallest absolute Gasteiger partial charge is 0.225 e. The van der Waals surface area contributed by atoms with Crippen molar-refractivity contribution < 1.29 is 13.7 Å². The molecule has 166 valence electrons. The van der Waals surface area contributed by atoms with Gasteiger partial charge in [-0.25, -0.2) is 4.39 Å². The monoisotopic (exact) mass is 483 g/mol. The van der Waals surface area contributed by atoms with Gasteiger partial charge >= 0.3 is 0 Å². The zero-order valence-electron chi connectivity index (χ0n) is 17.4. The number of carbonyl (C=O) groups excluding carboxylic acids is 1. The molecule has 5 nitrogen and oxygen atoms in total. The van der Waals surface area contributed by atoms with Crippen LogP contribution in [-0.2, 0) is 22.7 Å². The normalized spacial score (nSPS) is 16.8. The minimum atomic E-state index is -1.72. The van der Waals surface area contributed by atoms with Crippen molar-refractivity contribution in [2.24, 2.45) is 0 Å². The highest BCUT2D eigenvalue weighted by atomic mass is 35.5. The number of pyridine rings is 1. The Morgan fingerprint density at radius 3 is 2.55 bits per heavy atom. The summed E-state index contributed by atoms with van der Waals surface area (Å²) in [5, 5.41) is 0.712. The van der Waals surface area contributed by atoms with Gasteiger partial charge < -0.3 is 4.55 Å². The Kier molecular flexibility index (Phi) is 8.22. The van der Waals surface area contributed by atoms with Crippen LogP contribution >= 0.6 is 23.2 Å². The second-order valence-electron chi connectivity index (χ2n) is 7.25. The van der Waals surface area contributed by atoms with Crippen LogP contribution in [-0.4, -0.2) is 37.4 Å². The van der Waals surface area contributed by atoms with Gasteiger partial charge in [-0.05, 0) is 24.6 Å². The third-order valence-electron chi connectivity index (χ3n) is 5.05. The molecule has 2 aromatic rings. The average Bonchev–Trinajstić information content (AvgIpc) is 2.72. The topological polar surface area (TPSA) is 59.5 Å². The Hall–Kier alpha value is -1.80. The third-order valence-corrected chi connectivity index (χ3v) is 6.91. The number of benzene rings is 1. The van der Waals surface area contributed by atoms with Gasteiger partial charge in [0.1, 0.15) is 24.1 Å². The molecule has 0 spiro atoms. The van der Waals surface area contributed by atoms with Crippen LogP contribution in [0.2, 0.25) is 10.0 Å². The van der Waals surface area contributed by atoms with Crippen LogP contribution in [0.25, 0.3) is 0 Å². The number of amides is 1. The average molecular weight is 484 g/mol. The minimum Gasteiger partial charge on any atom is -0.588 e. The summed E-state index contributed by atoms with van der Waals surface area (Å²) in [6.45, 7) is 2.88. The van der Waals surface area contributed by atoms with Crippen LogP contribution in [0.5, 0.6) is 0 Å². The van der Waals surface area contributed by atoms with Gasteiger partial charge in [-0.3, -0.25) is 14.7 Å². The molecule has 1 aromatic carbocycles. The van der Waals surface area contributed by atoms with Crippen LogP contribution in [0.1, 0.15) is 38.8 Å². The molecule has 1 aliphatic heterocycles. The maximum atomic E-state index is 14.1. The molecule has 9 heteroatoms. The number of halogens is 3. The third kappa shape index (κ3) is 5.34. The van der Waals surface area contributed by atoms with Gasteiger partial charge in [0.15, 0.2) is 10.7 Å². The molecule has 1 amide bonds. The van der Waals surface area contributed by atoms with Crippen molar-refractivity contribution in [1.29, 1.82) is 0 Å². The van der Waals surface area contributed by atoms with E-state index >= 15 is 0 Å². The van der Waals surface area contributed by atoms with Crippen molar-refractivity contribution in [2.75, 3.05) is 6.67 Å². The van der Waals surface area contributed by atoms with Gasteiger partial charge in [0, 0.05) is 40.9 Å². The van der Waals surface area contributed by atoms with Gasteiger partial charge in [-0.2, -0.15) is 4.31 Å². The summed E-state index contributed by atoms with van der Waals surface area (Å²) in [5.41, 5.74) is 1.12. The van der Waals surface area contributed by atoms with E-state index in [2.05, 4.69) is 4.98 Å². The van der Waals surface area contributed by atoms with Crippen molar-refractivity contribution in [3.63, 3.8) is 0 Å². The number of hydrogen-bond acceptors (Lipinski definition) is 4. The number of hydrogen-bond donors (Lipinski definition) is 0. The second kappa shape index (κ2) is 10.7. The van der Waals surface area contributed by atoms with Gasteiger partial charge in [0.2, 0.25) is 5.91 Å². The summed E-state index contributed by atoms with van der Waals surface area (Å²) in [4.78, 5) is 18.7. The molecule has 1 unspecified atom stereocenters. The molecule has 1 aliphatic rings. The minimum absolute atomic E-state index is 0.152. The Morgan fingerprint density at radius 2 is 2.00 bits per heavy atom. The zero-order valence-corrected chi connectivity index (χ0v) is 19.7. The second-order valence-corrected chi connectivity index (χ2v) is 9.48. The molecule has 2 heterocycles. The van der Waals surface area contributed by atoms with Crippen molar-refractivity contribution in [3.8, 4) is 0 Å². The molecule has 0 bridgehead atoms. The Balaban J connectivity index is 2.02. The Morgan fingerprint density at radius 1 is 1.29 bits per heavy atom. The first kappa shape index (κ1) is 23.9. The molecule has 0 saturated carbocycles. The molecule has 31 heavy (non-hydrogen) atoms. The van der Waals surface area contributed by atoms with Gasteiger partial charge in [-0.1, -0.05) is 49.0 Å². The van der Waals surface area contributed by atoms with Crippen LogP contribution in [0.15, 0.2) is 58.9 Å². The number of unbranched alkanes of at least 4 members (excludes halogenated alkanes) is 1. The van der Waals surface area contributed by atoms with Crippen molar-refractivity contribution in [1.82, 2.24) is 14.2 Å². The molecular weight excluding hydrogens is 460 g/mol. The lowest BCUT2D eigenvalue weighted by molar-refractivity contribution is -0.129. The maximum absolute atomic E-state index is 14.1. The summed E-state index contributed by atoms with van der Waals surface area (Å²) in [7, 11) is 0. The molecule has 0 aliphatic carbocycles. The molecular formula is C22H24Cl2FN3O2S. The van der Waals surface area contributed by atoms with Crippen LogP contribution in [0, 0.1) is 0 Å². The molecule has 1 aromatic heterocycles. The predicted octanol–water partition coefficient (Wildman–Crippen LogP) is 5.52. The van der Waals surface area contributed by atoms with E-state index in [1.54, 1.807) is 40.8 Å². The fourth-order valence-electron chi connectivity index (χ4n) is 3.57. The first-order valence-corrected chi connectivity index (χ1v) is 11.9. The van der Waals surface area contributed by atoms with Crippen LogP contribution in [0.3, 0.4) is 0 Å². The first-order valence-electron chi connectivity index (χ1n) is 10.0. The van der Waals surface area contributed by atoms with Gasteiger partial charge in [0.25, 0.3) is 0 Å². The molecule has 0 saturated heterocycles. The van der Waals surface area contributed by atoms with E-state index in [1.807, 2.05) is 13.0 Å². The lowest BCUT2D eigenvalue weighted by atomic mass is 9.95. The standard InChI is InChI=1S/C22H24Cl2FN3O2S/c1-3-4-8-21-20(13-25)22(27(15(2)29)14-18-7-5-6-9-26-18)28(21)31(30)19-11-16(23)10-17(24)12-19/h5-7,9-12,21H,3-4,8,13-14H2,1-2H3/t21-,31?/m0/s1. The first-order chi connectivity index (χ1) is 14.9. The summed E-state index contributed by atoms with van der Waals surface area (Å²) in [6.07, 6.45) is 4.02. The maximum Gasteiger partial charge on any atom is 0.225 e. The lowest BCUT2D eigenvalue weighted by Crippen LogP contribution is -2.56. The number of nitrogens with zero attached hydrogens (tertiary/aromatic N) is 3. The summed E-state index contributed by atoms with van der Waals surface area (Å²) >= 11 is 10.5. The fraction of sp³-hybridized carbons (Fsp3) is 0.364. The van der Waals surface area contributed by atoms with Crippen molar-refractivity contribution in [3.05, 3.63) is 69.7 Å². The lowest BCUT2D eigenvalue weighted by Gasteiger charge is -2.47. The van der Waals surface area contributed by atoms with E-state index < -0.39 is 18.0 Å². The largest absolute Gasteiger partial charge is 0.588 e. The Bertz CT molecular complexity index is 941. The highest BCUT2D eigenvalue weighted by molar-refractivity contribution is 7.89. The summed E-state index contributed by atoms with van der Waals surface area (Å²) < 4.78 is 29.3. The summed E-state index contributed by atoms with van der Waals surface area (Å²) in [6, 6.07) is 9.72. The van der Waals surface area contributed by atoms with Crippen molar-refractivity contribution >= 4 is 40.5 Å². The zero-order chi connectivity index (χ0) is 22.5. The van der Waals surface area contributed by atoms with Crippen LogP contribution < -0.4 is 0 Å². The Labute approximate surface area is 195 Å². The van der Waals surface area contributed by atoms with Crippen LogP contribution in [0.4, 0.5) is 4.39 Å². The SMILES string of the molecule is CCCC[C@H]1C(CF)=C(N(Cc2ccccn2)C(C)=O)N1[S+]([O-])c1cc(Cl)cc(Cl)c1. The van der Waals surface area contributed by atoms with E-state index in [9.17, 15) is 13.7 Å². The number of rotatable bonds is 9. The van der Waals surface area contributed by atoms with E-state index in [0.717, 1.165) is 12.8 Å². The molecule has 3 rings (SSSR count). The summed E-state index contributed by atoms with van der Waals surface area (Å²) in [5.74, 6) is 0.0443. The van der Waals surface area contributed by atoms with Gasteiger partial charge in [0.05, 0.1) is 12.2 Å². The number of carbonyl (C=O) groups is 1. The van der Waals surface area contributed by atoms with E-state index in [1.165, 1.54) is 11.8 Å². The van der Waals surface area contributed by atoms with E-state index in [0.29, 0.717) is 38.4 Å². The molecule has 0 fully saturated rings. The highest BCUT2D eigenvalue weighted by Gasteiger charge is 2.49. The van der Waals surface area contributed by atoms with Gasteiger partial charge in [-0.15, -0.1) is 0 Å². The molecule has 0 radical (unpaired) electrons. The number of alkyl halides is 1. The number of aromatic nitrogens is 1. The fourth-order valence-corrected chi connectivity index (χ4v) is 5.74.